The number of carbonyl (C=O) groups is 3. The van der Waals surface area contributed by atoms with Gasteiger partial charge in [-0.2, -0.15) is 0 Å². The lowest BCUT2D eigenvalue weighted by molar-refractivity contribution is -0.246. The third-order valence-corrected chi connectivity index (χ3v) is 15.2. The number of esters is 1. The molecule has 2 amide bonds. The quantitative estimate of drug-likeness (QED) is 0.230. The molecule has 7 heteroatoms. The summed E-state index contributed by atoms with van der Waals surface area (Å²) in [5.74, 6) is 1.05. The number of hydrogen-bond acceptors (Lipinski definition) is 4. The van der Waals surface area contributed by atoms with Crippen molar-refractivity contribution in [2.45, 2.75) is 138 Å². The summed E-state index contributed by atoms with van der Waals surface area (Å²) in [6, 6.07) is 0.0325. The largest absolute Gasteiger partial charge is 0.481 e. The number of urea groups is 1. The van der Waals surface area contributed by atoms with Gasteiger partial charge in [-0.25, -0.2) is 4.79 Å². The number of nitrogens with zero attached hydrogens (tertiary/aromatic N) is 1. The maximum atomic E-state index is 13.1. The highest BCUT2D eigenvalue weighted by Crippen LogP contribution is 2.76. The molecule has 5 rings (SSSR count). The molecule has 5 fully saturated rings. The van der Waals surface area contributed by atoms with Gasteiger partial charge >= 0.3 is 18.0 Å². The summed E-state index contributed by atoms with van der Waals surface area (Å²) >= 11 is 0. The number of rotatable bonds is 6. The van der Waals surface area contributed by atoms with Crippen LogP contribution in [0.15, 0.2) is 12.2 Å². The number of nitrogens with one attached hydrogen (secondary N) is 1. The van der Waals surface area contributed by atoms with Gasteiger partial charge in [0.15, 0.2) is 0 Å². The smallest absolute Gasteiger partial charge is 0.317 e. The van der Waals surface area contributed by atoms with Crippen LogP contribution in [0.5, 0.6) is 0 Å². The first-order chi connectivity index (χ1) is 20.7. The second kappa shape index (κ2) is 11.0. The zero-order valence-corrected chi connectivity index (χ0v) is 30.0. The Bertz CT molecular complexity index is 1240. The van der Waals surface area contributed by atoms with Crippen molar-refractivity contribution in [2.75, 3.05) is 14.1 Å². The number of allylic oxidation sites excluding steroid dienone is 1. The number of hydrogen-bond donors (Lipinski definition) is 2. The van der Waals surface area contributed by atoms with E-state index in [0.717, 1.165) is 44.9 Å². The number of carbonyl (C=O) groups excluding carboxylic acids is 2. The van der Waals surface area contributed by atoms with Crippen LogP contribution in [0.1, 0.15) is 126 Å². The van der Waals surface area contributed by atoms with E-state index in [1.807, 2.05) is 14.1 Å². The highest BCUT2D eigenvalue weighted by molar-refractivity contribution is 5.81. The van der Waals surface area contributed by atoms with Gasteiger partial charge in [-0.05, 0) is 131 Å². The molecule has 5 aliphatic carbocycles. The number of amides is 2. The Labute approximate surface area is 272 Å². The number of carboxylic acid groups (broad SMARTS) is 1. The van der Waals surface area contributed by atoms with Crippen molar-refractivity contribution in [1.82, 2.24) is 10.2 Å². The topological polar surface area (TPSA) is 95.9 Å². The van der Waals surface area contributed by atoms with E-state index in [-0.39, 0.29) is 45.8 Å². The van der Waals surface area contributed by atoms with E-state index in [4.69, 9.17) is 4.74 Å². The van der Waals surface area contributed by atoms with E-state index < -0.39 is 17.4 Å². The fraction of sp³-hybridized carbons (Fsp3) is 0.868. The predicted octanol–water partition coefficient (Wildman–Crippen LogP) is 8.08. The van der Waals surface area contributed by atoms with Crippen LogP contribution in [-0.2, 0) is 14.3 Å². The van der Waals surface area contributed by atoms with Gasteiger partial charge in [-0.3, -0.25) is 9.59 Å². The van der Waals surface area contributed by atoms with Gasteiger partial charge in [0.2, 0.25) is 0 Å². The van der Waals surface area contributed by atoms with Crippen LogP contribution in [0, 0.1) is 56.7 Å². The van der Waals surface area contributed by atoms with Crippen molar-refractivity contribution in [2.24, 2.45) is 56.7 Å². The average molecular weight is 627 g/mol. The highest BCUT2D eigenvalue weighted by atomic mass is 16.5. The van der Waals surface area contributed by atoms with E-state index >= 15 is 0 Å². The maximum absolute atomic E-state index is 13.1. The van der Waals surface area contributed by atoms with Gasteiger partial charge in [0, 0.05) is 25.0 Å². The first kappa shape index (κ1) is 34.3. The monoisotopic (exact) mass is 626 g/mol. The first-order valence-electron chi connectivity index (χ1n) is 17.7. The van der Waals surface area contributed by atoms with Crippen molar-refractivity contribution in [1.29, 1.82) is 0 Å². The Kier molecular flexibility index (Phi) is 8.39. The van der Waals surface area contributed by atoms with Crippen LogP contribution >= 0.6 is 0 Å². The maximum Gasteiger partial charge on any atom is 0.317 e. The fourth-order valence-electron chi connectivity index (χ4n) is 12.5. The molecular weight excluding hydrogens is 564 g/mol. The Hall–Kier alpha value is -2.05. The average Bonchev–Trinajstić information content (AvgIpc) is 3.30. The standard InChI is InChI=1S/C38H62N2O5/c1-23(2)24-14-19-38(39-32(44)40(10)11)21-20-36(8)25(30(24)38)12-13-27-35(7)17-16-28(45-29(41)22-33(3,4)31(42)43)34(5,6)26(35)15-18-37(27,36)9/h24-28,30H,1,12-22H2,2-11H3,(H,39,44)(H,42,43)/t24-,25?,26-,27+,28-,30+,35-,36+,37+,38?/m0/s1. The van der Waals surface area contributed by atoms with Crippen LogP contribution in [0.3, 0.4) is 0 Å². The normalized spacial score (nSPS) is 43.5. The highest BCUT2D eigenvalue weighted by Gasteiger charge is 2.71. The van der Waals surface area contributed by atoms with Crippen LogP contribution in [0.25, 0.3) is 0 Å². The van der Waals surface area contributed by atoms with Crippen LogP contribution in [0.4, 0.5) is 4.79 Å². The second-order valence-corrected chi connectivity index (χ2v) is 18.4. The summed E-state index contributed by atoms with van der Waals surface area (Å²) in [5, 5.41) is 13.1. The molecule has 0 bridgehead atoms. The summed E-state index contributed by atoms with van der Waals surface area (Å²) in [6.45, 7) is 22.2. The molecule has 45 heavy (non-hydrogen) atoms. The second-order valence-electron chi connectivity index (χ2n) is 18.4. The molecule has 7 nitrogen and oxygen atoms in total. The van der Waals surface area contributed by atoms with Crippen LogP contribution in [-0.4, -0.2) is 53.7 Å². The number of aliphatic carboxylic acids is 1. The lowest BCUT2D eigenvalue weighted by atomic mass is 9.32. The molecule has 0 radical (unpaired) electrons. The summed E-state index contributed by atoms with van der Waals surface area (Å²) < 4.78 is 6.15. The van der Waals surface area contributed by atoms with Crippen molar-refractivity contribution in [3.05, 3.63) is 12.2 Å². The van der Waals surface area contributed by atoms with Crippen LogP contribution in [0.2, 0.25) is 0 Å². The lowest BCUT2D eigenvalue weighted by Crippen LogP contribution is -2.69. The molecule has 0 aromatic heterocycles. The van der Waals surface area contributed by atoms with Crippen LogP contribution < -0.4 is 5.32 Å². The van der Waals surface area contributed by atoms with Crippen molar-refractivity contribution in [3.63, 3.8) is 0 Å². The molecular formula is C38H62N2O5. The summed E-state index contributed by atoms with van der Waals surface area (Å²) in [7, 11) is 3.69. The lowest BCUT2D eigenvalue weighted by Gasteiger charge is -2.73. The van der Waals surface area contributed by atoms with Gasteiger partial charge in [0.05, 0.1) is 11.8 Å². The zero-order chi connectivity index (χ0) is 33.5. The van der Waals surface area contributed by atoms with E-state index in [0.29, 0.717) is 29.6 Å². The Balaban J connectivity index is 1.42. The number of carboxylic acids is 1. The molecule has 2 N–H and O–H groups in total. The molecule has 0 aliphatic heterocycles. The van der Waals surface area contributed by atoms with E-state index in [9.17, 15) is 19.5 Å². The van der Waals surface area contributed by atoms with Crippen molar-refractivity contribution < 1.29 is 24.2 Å². The fourth-order valence-corrected chi connectivity index (χ4v) is 12.5. The molecule has 0 saturated heterocycles. The molecule has 10 atom stereocenters. The minimum atomic E-state index is -1.14. The van der Waals surface area contributed by atoms with Crippen molar-refractivity contribution >= 4 is 18.0 Å². The molecule has 0 aromatic rings. The first-order valence-corrected chi connectivity index (χ1v) is 17.7. The van der Waals surface area contributed by atoms with Gasteiger partial charge in [-0.15, -0.1) is 0 Å². The molecule has 2 unspecified atom stereocenters. The number of fused-ring (bicyclic) bond motifs is 7. The third kappa shape index (κ3) is 5.07. The van der Waals surface area contributed by atoms with Gasteiger partial charge in [-0.1, -0.05) is 46.8 Å². The van der Waals surface area contributed by atoms with E-state index in [2.05, 4.69) is 53.4 Å². The minimum Gasteiger partial charge on any atom is -0.481 e. The third-order valence-electron chi connectivity index (χ3n) is 15.2. The van der Waals surface area contributed by atoms with E-state index in [1.54, 1.807) is 18.7 Å². The molecule has 0 aromatic carbocycles. The Morgan fingerprint density at radius 2 is 1.56 bits per heavy atom. The molecule has 0 heterocycles. The summed E-state index contributed by atoms with van der Waals surface area (Å²) in [6.07, 6.45) is 10.5. The summed E-state index contributed by atoms with van der Waals surface area (Å²) in [5.41, 5.74) is 0.295. The molecule has 0 spiro atoms. The van der Waals surface area contributed by atoms with Gasteiger partial charge in [0.1, 0.15) is 6.10 Å². The minimum absolute atomic E-state index is 0.0325. The summed E-state index contributed by atoms with van der Waals surface area (Å²) in [4.78, 5) is 39.5. The number of ether oxygens (including phenoxy) is 1. The molecule has 254 valence electrons. The molecule has 5 aliphatic rings. The SMILES string of the molecule is C=C(C)[C@@H]1CCC2(NC(=O)N(C)C)CC[C@]3(C)C(CC[C@@H]4[C@@]5(C)CC[C@H](OC(=O)CC(C)(C)C(=O)O)C(C)(C)[C@@H]5CC[C@]43C)[C@@H]12. The van der Waals surface area contributed by atoms with Gasteiger partial charge < -0.3 is 20.1 Å². The van der Waals surface area contributed by atoms with E-state index in [1.165, 1.54) is 24.8 Å². The Morgan fingerprint density at radius 1 is 0.889 bits per heavy atom. The van der Waals surface area contributed by atoms with Gasteiger partial charge in [0.25, 0.3) is 0 Å². The van der Waals surface area contributed by atoms with Crippen molar-refractivity contribution in [3.8, 4) is 0 Å². The predicted molar refractivity (Wildman–Crippen MR) is 177 cm³/mol. The zero-order valence-electron chi connectivity index (χ0n) is 30.0. The molecule has 5 saturated carbocycles. The Morgan fingerprint density at radius 3 is 2.16 bits per heavy atom.